The van der Waals surface area contributed by atoms with Crippen molar-refractivity contribution in [1.29, 1.82) is 0 Å². The van der Waals surface area contributed by atoms with Gasteiger partial charge in [0.2, 0.25) is 0 Å². The molecule has 0 saturated carbocycles. The third-order valence-corrected chi connectivity index (χ3v) is 5.01. The molecule has 0 radical (unpaired) electrons. The molecule has 1 aromatic carbocycles. The summed E-state index contributed by atoms with van der Waals surface area (Å²) in [6.45, 7) is 4.54. The Balaban J connectivity index is 1.83. The Morgan fingerprint density at radius 1 is 1.39 bits per heavy atom. The first-order chi connectivity index (χ1) is 11.2. The highest BCUT2D eigenvalue weighted by Gasteiger charge is 2.32. The molecule has 5 heteroatoms. The van der Waals surface area contributed by atoms with Crippen molar-refractivity contribution in [2.24, 2.45) is 0 Å². The summed E-state index contributed by atoms with van der Waals surface area (Å²) in [6.07, 6.45) is 7.00. The lowest BCUT2D eigenvalue weighted by Gasteiger charge is -2.26. The maximum atomic E-state index is 12.9. The zero-order valence-electron chi connectivity index (χ0n) is 12.7. The quantitative estimate of drug-likeness (QED) is 0.714. The van der Waals surface area contributed by atoms with Crippen molar-refractivity contribution in [3.8, 4) is 0 Å². The topological polar surface area (TPSA) is 44.1 Å². The smallest absolute Gasteiger partial charge is 0.197 e. The fraction of sp³-hybridized carbons (Fsp3) is 0.333. The van der Waals surface area contributed by atoms with Gasteiger partial charge in [0.05, 0.1) is 17.5 Å². The van der Waals surface area contributed by atoms with E-state index in [1.54, 1.807) is 12.3 Å². The van der Waals surface area contributed by atoms with E-state index in [1.807, 2.05) is 16.8 Å². The number of carbonyl (C=O) groups is 1. The maximum absolute atomic E-state index is 12.9. The van der Waals surface area contributed by atoms with E-state index in [-0.39, 0.29) is 12.0 Å². The Bertz CT molecular complexity index is 804. The van der Waals surface area contributed by atoms with Gasteiger partial charge in [0.15, 0.2) is 5.78 Å². The van der Waals surface area contributed by atoms with Crippen molar-refractivity contribution in [2.45, 2.75) is 31.9 Å². The first kappa shape index (κ1) is 14.7. The van der Waals surface area contributed by atoms with Crippen molar-refractivity contribution < 1.29 is 9.53 Å². The van der Waals surface area contributed by atoms with Crippen LogP contribution in [0.4, 0.5) is 0 Å². The summed E-state index contributed by atoms with van der Waals surface area (Å²) >= 11 is 6.36. The van der Waals surface area contributed by atoms with E-state index >= 15 is 0 Å². The third-order valence-electron chi connectivity index (χ3n) is 4.65. The molecule has 4 nitrogen and oxygen atoms in total. The highest BCUT2D eigenvalue weighted by Crippen LogP contribution is 2.36. The summed E-state index contributed by atoms with van der Waals surface area (Å²) in [7, 11) is 0. The Hall–Kier alpha value is -1.91. The molecule has 1 aromatic heterocycles. The van der Waals surface area contributed by atoms with E-state index in [9.17, 15) is 4.79 Å². The number of aromatic nitrogens is 2. The van der Waals surface area contributed by atoms with Crippen LogP contribution in [0.5, 0.6) is 0 Å². The molecule has 1 atom stereocenters. The number of hydrogen-bond acceptors (Lipinski definition) is 3. The van der Waals surface area contributed by atoms with Gasteiger partial charge < -0.3 is 4.74 Å². The lowest BCUT2D eigenvalue weighted by molar-refractivity contribution is -0.0409. The predicted octanol–water partition coefficient (Wildman–Crippen LogP) is 4.01. The third kappa shape index (κ3) is 2.25. The molecule has 0 amide bonds. The molecular formula is C18H17ClN2O2. The van der Waals surface area contributed by atoms with E-state index in [0.29, 0.717) is 22.6 Å². The number of halogens is 1. The van der Waals surface area contributed by atoms with E-state index in [2.05, 4.69) is 11.7 Å². The van der Waals surface area contributed by atoms with Crippen molar-refractivity contribution in [3.05, 3.63) is 57.9 Å². The zero-order valence-corrected chi connectivity index (χ0v) is 13.5. The van der Waals surface area contributed by atoms with Gasteiger partial charge >= 0.3 is 0 Å². The molecule has 2 aliphatic rings. The molecule has 0 spiro atoms. The van der Waals surface area contributed by atoms with Gasteiger partial charge in [-0.2, -0.15) is 5.10 Å². The second kappa shape index (κ2) is 5.62. The number of rotatable bonds is 2. The molecule has 2 aromatic rings. The lowest BCUT2D eigenvalue weighted by atomic mass is 9.86. The number of benzene rings is 1. The van der Waals surface area contributed by atoms with Crippen LogP contribution in [-0.2, 0) is 11.2 Å². The summed E-state index contributed by atoms with van der Waals surface area (Å²) in [5.74, 6) is -0.0271. The molecular weight excluding hydrogens is 312 g/mol. The summed E-state index contributed by atoms with van der Waals surface area (Å²) in [6, 6.07) is 3.67. The van der Waals surface area contributed by atoms with E-state index in [0.717, 1.165) is 42.7 Å². The molecule has 1 fully saturated rings. The number of nitrogens with zero attached hydrogens (tertiary/aromatic N) is 2. The Morgan fingerprint density at radius 3 is 3.00 bits per heavy atom. The van der Waals surface area contributed by atoms with Crippen LogP contribution in [0.1, 0.15) is 58.2 Å². The minimum Gasteiger partial charge on any atom is -0.357 e. The van der Waals surface area contributed by atoms with E-state index < -0.39 is 0 Å². The number of carbonyl (C=O) groups excluding carboxylic acids is 1. The summed E-state index contributed by atoms with van der Waals surface area (Å²) in [5.41, 5.74) is 3.89. The van der Waals surface area contributed by atoms with Gasteiger partial charge in [-0.1, -0.05) is 30.3 Å². The van der Waals surface area contributed by atoms with Crippen molar-refractivity contribution >= 4 is 23.5 Å². The monoisotopic (exact) mass is 328 g/mol. The minimum atomic E-state index is -0.0804. The molecule has 2 heterocycles. The molecule has 1 aliphatic heterocycles. The first-order valence-corrected chi connectivity index (χ1v) is 8.25. The van der Waals surface area contributed by atoms with Gasteiger partial charge in [0.1, 0.15) is 6.23 Å². The Kier molecular flexibility index (Phi) is 3.58. The molecule has 1 saturated heterocycles. The number of hydrogen-bond donors (Lipinski definition) is 0. The van der Waals surface area contributed by atoms with Crippen LogP contribution in [0.25, 0.3) is 6.08 Å². The highest BCUT2D eigenvalue weighted by atomic mass is 35.5. The largest absolute Gasteiger partial charge is 0.357 e. The number of ketones is 1. The molecule has 1 aliphatic carbocycles. The van der Waals surface area contributed by atoms with Crippen LogP contribution in [0.15, 0.2) is 24.9 Å². The van der Waals surface area contributed by atoms with Crippen molar-refractivity contribution in [2.75, 3.05) is 6.61 Å². The summed E-state index contributed by atoms with van der Waals surface area (Å²) in [4.78, 5) is 12.9. The summed E-state index contributed by atoms with van der Waals surface area (Å²) < 4.78 is 7.69. The zero-order chi connectivity index (χ0) is 16.0. The summed E-state index contributed by atoms with van der Waals surface area (Å²) in [5, 5.41) is 5.05. The molecule has 0 N–H and O–H groups in total. The van der Waals surface area contributed by atoms with Gasteiger partial charge in [0.25, 0.3) is 0 Å². The van der Waals surface area contributed by atoms with Crippen LogP contribution in [-0.4, -0.2) is 22.2 Å². The van der Waals surface area contributed by atoms with Gasteiger partial charge in [0, 0.05) is 23.6 Å². The fourth-order valence-electron chi connectivity index (χ4n) is 3.47. The Labute approximate surface area is 139 Å². The van der Waals surface area contributed by atoms with Crippen LogP contribution < -0.4 is 0 Å². The molecule has 118 valence electrons. The SMILES string of the molecule is C=Cc1ccc(Cl)c2c1C(=O)c1cnn(C3CCCCO3)c1C2. The first-order valence-electron chi connectivity index (χ1n) is 7.87. The van der Waals surface area contributed by atoms with Crippen LogP contribution in [0.3, 0.4) is 0 Å². The second-order valence-corrected chi connectivity index (χ2v) is 6.38. The number of ether oxygens (including phenoxy) is 1. The van der Waals surface area contributed by atoms with Gasteiger partial charge in [-0.05, 0) is 36.5 Å². The molecule has 1 unspecified atom stereocenters. The average Bonchev–Trinajstić information content (AvgIpc) is 3.01. The number of fused-ring (bicyclic) bond motifs is 2. The molecule has 4 rings (SSSR count). The van der Waals surface area contributed by atoms with E-state index in [4.69, 9.17) is 16.3 Å². The average molecular weight is 329 g/mol. The maximum Gasteiger partial charge on any atom is 0.197 e. The molecule has 23 heavy (non-hydrogen) atoms. The fourth-order valence-corrected chi connectivity index (χ4v) is 3.70. The van der Waals surface area contributed by atoms with Gasteiger partial charge in [-0.15, -0.1) is 0 Å². The lowest BCUT2D eigenvalue weighted by Crippen LogP contribution is -2.24. The minimum absolute atomic E-state index is 0.0271. The van der Waals surface area contributed by atoms with Gasteiger partial charge in [-0.3, -0.25) is 4.79 Å². The van der Waals surface area contributed by atoms with Crippen molar-refractivity contribution in [3.63, 3.8) is 0 Å². The van der Waals surface area contributed by atoms with Crippen LogP contribution in [0.2, 0.25) is 5.02 Å². The molecule has 0 bridgehead atoms. The Morgan fingerprint density at radius 2 is 2.26 bits per heavy atom. The normalized spacial score (nSPS) is 20.0. The highest BCUT2D eigenvalue weighted by molar-refractivity contribution is 6.32. The second-order valence-electron chi connectivity index (χ2n) is 5.97. The van der Waals surface area contributed by atoms with Crippen molar-refractivity contribution in [1.82, 2.24) is 9.78 Å². The van der Waals surface area contributed by atoms with Crippen LogP contribution in [0, 0.1) is 0 Å². The van der Waals surface area contributed by atoms with Gasteiger partial charge in [-0.25, -0.2) is 4.68 Å². The van der Waals surface area contributed by atoms with Crippen LogP contribution >= 0.6 is 11.6 Å². The predicted molar refractivity (Wildman–Crippen MR) is 88.8 cm³/mol. The van der Waals surface area contributed by atoms with E-state index in [1.165, 1.54) is 0 Å². The standard InChI is InChI=1S/C18H17ClN2O2/c1-2-11-6-7-14(19)12-9-15-13(18(22)17(11)12)10-20-21(15)16-5-3-4-8-23-16/h2,6-7,10,16H,1,3-5,8-9H2.